The third-order valence-corrected chi connectivity index (χ3v) is 8.03. The number of hydrogen-bond donors (Lipinski definition) is 1. The zero-order valence-electron chi connectivity index (χ0n) is 13.2. The van der Waals surface area contributed by atoms with E-state index in [9.17, 15) is 13.5 Å². The Morgan fingerprint density at radius 2 is 1.86 bits per heavy atom. The molecular formula is C17H25NO3S. The number of aliphatic hydroxyl groups is 1. The van der Waals surface area contributed by atoms with Gasteiger partial charge in [0.1, 0.15) is 0 Å². The van der Waals surface area contributed by atoms with E-state index in [2.05, 4.69) is 4.90 Å². The summed E-state index contributed by atoms with van der Waals surface area (Å²) in [5.74, 6) is 0.230. The number of hydrogen-bond acceptors (Lipinski definition) is 4. The van der Waals surface area contributed by atoms with E-state index in [-0.39, 0.29) is 5.75 Å². The Labute approximate surface area is 133 Å². The molecule has 1 spiro atoms. The van der Waals surface area contributed by atoms with Crippen LogP contribution in [0.2, 0.25) is 0 Å². The minimum atomic E-state index is -2.99. The van der Waals surface area contributed by atoms with Crippen LogP contribution < -0.4 is 0 Å². The highest BCUT2D eigenvalue weighted by molar-refractivity contribution is 7.92. The van der Waals surface area contributed by atoms with Crippen LogP contribution in [-0.4, -0.2) is 48.6 Å². The summed E-state index contributed by atoms with van der Waals surface area (Å²) >= 11 is 0. The largest absolute Gasteiger partial charge is 0.387 e. The van der Waals surface area contributed by atoms with Crippen molar-refractivity contribution in [2.45, 2.75) is 43.5 Å². The number of aliphatic hydroxyl groups excluding tert-OH is 1. The zero-order chi connectivity index (χ0) is 15.8. The van der Waals surface area contributed by atoms with Gasteiger partial charge in [-0.05, 0) is 38.3 Å². The quantitative estimate of drug-likeness (QED) is 0.925. The highest BCUT2D eigenvalue weighted by Crippen LogP contribution is 2.44. The third kappa shape index (κ3) is 2.94. The van der Waals surface area contributed by atoms with Crippen LogP contribution >= 0.6 is 0 Å². The van der Waals surface area contributed by atoms with E-state index in [1.807, 2.05) is 31.2 Å². The van der Waals surface area contributed by atoms with Crippen molar-refractivity contribution < 1.29 is 13.5 Å². The molecule has 1 N–H and O–H groups in total. The number of benzene rings is 1. The van der Waals surface area contributed by atoms with E-state index in [0.29, 0.717) is 13.1 Å². The van der Waals surface area contributed by atoms with Crippen molar-refractivity contribution in [2.24, 2.45) is 0 Å². The molecule has 1 atom stereocenters. The van der Waals surface area contributed by atoms with Gasteiger partial charge in [-0.1, -0.05) is 36.2 Å². The second-order valence-electron chi connectivity index (χ2n) is 6.83. The Hall–Kier alpha value is -0.910. The van der Waals surface area contributed by atoms with Crippen LogP contribution in [0.4, 0.5) is 0 Å². The van der Waals surface area contributed by atoms with Crippen molar-refractivity contribution in [3.63, 3.8) is 0 Å². The fourth-order valence-electron chi connectivity index (χ4n) is 3.55. The smallest absolute Gasteiger partial charge is 0.157 e. The lowest BCUT2D eigenvalue weighted by atomic mass is 9.81. The first kappa shape index (κ1) is 16.0. The summed E-state index contributed by atoms with van der Waals surface area (Å²) in [6, 6.07) is 7.88. The molecule has 1 saturated heterocycles. The molecule has 4 nitrogen and oxygen atoms in total. The maximum atomic E-state index is 12.5. The first-order chi connectivity index (χ1) is 10.4. The number of rotatable bonds is 3. The number of aryl methyl sites for hydroxylation is 1. The fraction of sp³-hybridized carbons (Fsp3) is 0.647. The van der Waals surface area contributed by atoms with E-state index >= 15 is 0 Å². The van der Waals surface area contributed by atoms with Crippen LogP contribution in [-0.2, 0) is 9.84 Å². The molecule has 2 aliphatic rings. The summed E-state index contributed by atoms with van der Waals surface area (Å²) in [6.07, 6.45) is 2.84. The van der Waals surface area contributed by atoms with Gasteiger partial charge in [0.15, 0.2) is 9.84 Å². The van der Waals surface area contributed by atoms with Gasteiger partial charge >= 0.3 is 0 Å². The van der Waals surface area contributed by atoms with Gasteiger partial charge in [-0.3, -0.25) is 4.90 Å². The molecular weight excluding hydrogens is 298 g/mol. The molecule has 0 amide bonds. The molecule has 1 aromatic rings. The minimum Gasteiger partial charge on any atom is -0.387 e. The van der Waals surface area contributed by atoms with Crippen molar-refractivity contribution in [3.05, 3.63) is 35.4 Å². The van der Waals surface area contributed by atoms with Crippen molar-refractivity contribution in [2.75, 3.05) is 25.4 Å². The van der Waals surface area contributed by atoms with Gasteiger partial charge in [0.05, 0.1) is 16.6 Å². The third-order valence-electron chi connectivity index (χ3n) is 5.38. The Morgan fingerprint density at radius 3 is 2.45 bits per heavy atom. The molecule has 1 aliphatic carbocycles. The Balaban J connectivity index is 1.65. The zero-order valence-corrected chi connectivity index (χ0v) is 14.0. The van der Waals surface area contributed by atoms with Crippen LogP contribution in [0.25, 0.3) is 0 Å². The minimum absolute atomic E-state index is 0.230. The topological polar surface area (TPSA) is 57.6 Å². The van der Waals surface area contributed by atoms with Gasteiger partial charge in [0.2, 0.25) is 0 Å². The van der Waals surface area contributed by atoms with Crippen LogP contribution in [0.5, 0.6) is 0 Å². The SMILES string of the molecule is Cc1ccc([C@H](O)CN2CCC3(CCC3)S(=O)(=O)CC2)cc1. The Kier molecular flexibility index (Phi) is 4.32. The molecule has 1 heterocycles. The maximum absolute atomic E-state index is 12.5. The highest BCUT2D eigenvalue weighted by atomic mass is 32.2. The Morgan fingerprint density at radius 1 is 1.18 bits per heavy atom. The van der Waals surface area contributed by atoms with Gasteiger partial charge in [0, 0.05) is 13.1 Å². The standard InChI is InChI=1S/C17H25NO3S/c1-14-3-5-15(6-4-14)16(19)13-18-10-9-17(7-2-8-17)22(20,21)12-11-18/h3-6,16,19H,2,7-13H2,1H3/t16-/m1/s1. The van der Waals surface area contributed by atoms with Crippen LogP contribution in [0.1, 0.15) is 42.9 Å². The highest BCUT2D eigenvalue weighted by Gasteiger charge is 2.49. The molecule has 122 valence electrons. The van der Waals surface area contributed by atoms with Gasteiger partial charge in [-0.2, -0.15) is 0 Å². The monoisotopic (exact) mass is 323 g/mol. The van der Waals surface area contributed by atoms with Crippen molar-refractivity contribution in [1.29, 1.82) is 0 Å². The summed E-state index contributed by atoms with van der Waals surface area (Å²) in [5.41, 5.74) is 2.07. The molecule has 2 fully saturated rings. The van der Waals surface area contributed by atoms with E-state index in [1.54, 1.807) is 0 Å². The average Bonchev–Trinajstić information content (AvgIpc) is 2.56. The first-order valence-corrected chi connectivity index (χ1v) is 9.76. The predicted octanol–water partition coefficient (Wildman–Crippen LogP) is 2.07. The summed E-state index contributed by atoms with van der Waals surface area (Å²) < 4.78 is 24.5. The number of β-amino-alcohol motifs (C(OH)–C–C–N with tert-alkyl or cyclic N) is 1. The molecule has 0 aromatic heterocycles. The lowest BCUT2D eigenvalue weighted by molar-refractivity contribution is 0.113. The molecule has 0 bridgehead atoms. The van der Waals surface area contributed by atoms with Crippen LogP contribution in [0.15, 0.2) is 24.3 Å². The van der Waals surface area contributed by atoms with E-state index in [0.717, 1.165) is 37.8 Å². The molecule has 1 aromatic carbocycles. The second-order valence-corrected chi connectivity index (χ2v) is 9.34. The van der Waals surface area contributed by atoms with E-state index in [4.69, 9.17) is 0 Å². The second kappa shape index (κ2) is 5.95. The number of nitrogens with zero attached hydrogens (tertiary/aromatic N) is 1. The van der Waals surface area contributed by atoms with Gasteiger partial charge in [-0.25, -0.2) is 8.42 Å². The molecule has 0 radical (unpaired) electrons. The van der Waals surface area contributed by atoms with E-state index in [1.165, 1.54) is 5.56 Å². The van der Waals surface area contributed by atoms with E-state index < -0.39 is 20.7 Å². The van der Waals surface area contributed by atoms with Gasteiger partial charge in [0.25, 0.3) is 0 Å². The van der Waals surface area contributed by atoms with Crippen molar-refractivity contribution in [1.82, 2.24) is 4.90 Å². The molecule has 3 rings (SSSR count). The average molecular weight is 323 g/mol. The lowest BCUT2D eigenvalue weighted by Crippen LogP contribution is -2.46. The summed E-state index contributed by atoms with van der Waals surface area (Å²) in [5, 5.41) is 10.4. The molecule has 5 heteroatoms. The van der Waals surface area contributed by atoms with Gasteiger partial charge < -0.3 is 5.11 Å². The summed E-state index contributed by atoms with van der Waals surface area (Å²) in [7, 11) is -2.99. The van der Waals surface area contributed by atoms with Crippen molar-refractivity contribution in [3.8, 4) is 0 Å². The summed E-state index contributed by atoms with van der Waals surface area (Å²) in [6.45, 7) is 3.83. The predicted molar refractivity (Wildman–Crippen MR) is 87.6 cm³/mol. The normalized spacial score (nSPS) is 25.4. The lowest BCUT2D eigenvalue weighted by Gasteiger charge is -2.40. The molecule has 22 heavy (non-hydrogen) atoms. The van der Waals surface area contributed by atoms with Crippen molar-refractivity contribution >= 4 is 9.84 Å². The Bertz CT molecular complexity index is 620. The molecule has 1 aliphatic heterocycles. The van der Waals surface area contributed by atoms with Crippen LogP contribution in [0, 0.1) is 6.92 Å². The molecule has 1 saturated carbocycles. The van der Waals surface area contributed by atoms with Gasteiger partial charge in [-0.15, -0.1) is 0 Å². The molecule has 0 unspecified atom stereocenters. The van der Waals surface area contributed by atoms with Crippen LogP contribution in [0.3, 0.4) is 0 Å². The first-order valence-electron chi connectivity index (χ1n) is 8.11. The number of sulfone groups is 1. The fourth-order valence-corrected chi connectivity index (χ4v) is 5.79. The summed E-state index contributed by atoms with van der Waals surface area (Å²) in [4.78, 5) is 2.11. The maximum Gasteiger partial charge on any atom is 0.157 e.